The Morgan fingerprint density at radius 2 is 1.82 bits per heavy atom. The monoisotopic (exact) mass is 389 g/mol. The third-order valence-corrected chi connectivity index (χ3v) is 5.12. The number of carbonyl (C=O) groups excluding carboxylic acids is 1. The molecule has 152 valence electrons. The molecule has 0 unspecified atom stereocenters. The number of aliphatic hydroxyl groups is 1. The normalized spacial score (nSPS) is 16.9. The molecule has 2 rings (SSSR count). The number of urea groups is 1. The van der Waals surface area contributed by atoms with E-state index in [1.807, 2.05) is 18.7 Å². The molecule has 0 saturated carbocycles. The van der Waals surface area contributed by atoms with Crippen LogP contribution in [0, 0.1) is 27.4 Å². The Labute approximate surface area is 164 Å². The molecule has 0 radical (unpaired) electrons. The average Bonchev–Trinajstić information content (AvgIpc) is 2.72. The van der Waals surface area contributed by atoms with E-state index in [9.17, 15) is 25.3 Å². The predicted octanol–water partition coefficient (Wildman–Crippen LogP) is 1.85. The minimum Gasteiger partial charge on any atom is -0.387 e. The van der Waals surface area contributed by atoms with E-state index in [0.29, 0.717) is 51.4 Å². The maximum absolute atomic E-state index is 12.4. The van der Waals surface area contributed by atoms with Gasteiger partial charge in [-0.25, -0.2) is 4.79 Å². The Balaban J connectivity index is 1.92. The fraction of sp³-hybridized carbons (Fsp3) is 0.579. The maximum Gasteiger partial charge on any atom is 0.320 e. The summed E-state index contributed by atoms with van der Waals surface area (Å²) in [6, 6.07) is 7.78. The first kappa shape index (κ1) is 21.6. The van der Waals surface area contributed by atoms with Crippen molar-refractivity contribution in [2.24, 2.45) is 5.92 Å². The fourth-order valence-corrected chi connectivity index (χ4v) is 3.33. The Kier molecular flexibility index (Phi) is 7.72. The second-order valence-corrected chi connectivity index (χ2v) is 6.77. The molecule has 0 spiro atoms. The summed E-state index contributed by atoms with van der Waals surface area (Å²) < 4.78 is 0. The van der Waals surface area contributed by atoms with Gasteiger partial charge in [0.15, 0.2) is 0 Å². The zero-order chi connectivity index (χ0) is 20.7. The van der Waals surface area contributed by atoms with Gasteiger partial charge in [-0.15, -0.1) is 0 Å². The number of aliphatic hydroxyl groups excluding tert-OH is 1. The number of nitro benzene ring substituents is 1. The molecule has 2 amide bonds. The molecule has 2 atom stereocenters. The van der Waals surface area contributed by atoms with Crippen molar-refractivity contribution in [2.45, 2.75) is 20.0 Å². The van der Waals surface area contributed by atoms with Crippen molar-refractivity contribution in [3.63, 3.8) is 0 Å². The molecule has 1 aliphatic heterocycles. The number of nitriles is 1. The van der Waals surface area contributed by atoms with Crippen molar-refractivity contribution in [1.29, 1.82) is 5.26 Å². The molecular formula is C19H27N5O4. The van der Waals surface area contributed by atoms with Crippen LogP contribution in [0.25, 0.3) is 0 Å². The summed E-state index contributed by atoms with van der Waals surface area (Å²) in [5.74, 6) is -0.661. The molecule has 1 heterocycles. The number of nitrogens with zero attached hydrogens (tertiary/aromatic N) is 5. The summed E-state index contributed by atoms with van der Waals surface area (Å²) in [7, 11) is 0. The highest BCUT2D eigenvalue weighted by Crippen LogP contribution is 2.25. The lowest BCUT2D eigenvalue weighted by Crippen LogP contribution is -2.53. The summed E-state index contributed by atoms with van der Waals surface area (Å²) in [4.78, 5) is 28.3. The van der Waals surface area contributed by atoms with Crippen LogP contribution >= 0.6 is 0 Å². The van der Waals surface area contributed by atoms with Gasteiger partial charge in [-0.1, -0.05) is 0 Å². The van der Waals surface area contributed by atoms with E-state index >= 15 is 0 Å². The lowest BCUT2D eigenvalue weighted by atomic mass is 9.96. The summed E-state index contributed by atoms with van der Waals surface area (Å²) in [5, 5.41) is 30.8. The van der Waals surface area contributed by atoms with E-state index in [2.05, 4.69) is 11.0 Å². The van der Waals surface area contributed by atoms with Crippen LogP contribution in [0.4, 0.5) is 10.5 Å². The molecule has 0 aliphatic carbocycles. The van der Waals surface area contributed by atoms with Crippen molar-refractivity contribution in [1.82, 2.24) is 14.7 Å². The largest absolute Gasteiger partial charge is 0.387 e. The molecule has 9 nitrogen and oxygen atoms in total. The highest BCUT2D eigenvalue weighted by Gasteiger charge is 2.28. The van der Waals surface area contributed by atoms with Crippen LogP contribution < -0.4 is 0 Å². The summed E-state index contributed by atoms with van der Waals surface area (Å²) in [5.41, 5.74) is 0.422. The van der Waals surface area contributed by atoms with Gasteiger partial charge < -0.3 is 14.9 Å². The third-order valence-electron chi connectivity index (χ3n) is 5.12. The van der Waals surface area contributed by atoms with E-state index in [0.717, 1.165) is 0 Å². The number of amides is 2. The smallest absolute Gasteiger partial charge is 0.320 e. The van der Waals surface area contributed by atoms with Crippen LogP contribution in [-0.4, -0.2) is 76.6 Å². The van der Waals surface area contributed by atoms with Crippen molar-refractivity contribution in [3.05, 3.63) is 39.9 Å². The van der Waals surface area contributed by atoms with Gasteiger partial charge in [-0.2, -0.15) is 5.26 Å². The minimum atomic E-state index is -1.03. The molecule has 1 aliphatic rings. The molecular weight excluding hydrogens is 362 g/mol. The first-order chi connectivity index (χ1) is 13.4. The van der Waals surface area contributed by atoms with Gasteiger partial charge in [0.1, 0.15) is 0 Å². The molecule has 1 aromatic carbocycles. The molecule has 1 fully saturated rings. The highest BCUT2D eigenvalue weighted by molar-refractivity contribution is 5.74. The van der Waals surface area contributed by atoms with E-state index in [1.54, 1.807) is 4.90 Å². The van der Waals surface area contributed by atoms with Crippen LogP contribution in [0.1, 0.15) is 25.5 Å². The topological polar surface area (TPSA) is 114 Å². The van der Waals surface area contributed by atoms with Crippen LogP contribution in [-0.2, 0) is 0 Å². The first-order valence-electron chi connectivity index (χ1n) is 9.49. The average molecular weight is 389 g/mol. The van der Waals surface area contributed by atoms with Crippen molar-refractivity contribution < 1.29 is 14.8 Å². The second kappa shape index (κ2) is 10.0. The summed E-state index contributed by atoms with van der Waals surface area (Å²) in [6.07, 6.45) is -1.03. The van der Waals surface area contributed by atoms with Crippen LogP contribution in [0.3, 0.4) is 0 Å². The minimum absolute atomic E-state index is 0.0346. The molecule has 9 heteroatoms. The lowest BCUT2D eigenvalue weighted by molar-refractivity contribution is -0.384. The summed E-state index contributed by atoms with van der Waals surface area (Å²) >= 11 is 0. The summed E-state index contributed by atoms with van der Waals surface area (Å²) in [6.45, 7) is 8.07. The third kappa shape index (κ3) is 5.18. The molecule has 1 saturated heterocycles. The number of benzene rings is 1. The van der Waals surface area contributed by atoms with Crippen molar-refractivity contribution in [2.75, 3.05) is 45.8 Å². The fourth-order valence-electron chi connectivity index (χ4n) is 3.33. The van der Waals surface area contributed by atoms with E-state index in [4.69, 9.17) is 0 Å². The van der Waals surface area contributed by atoms with Gasteiger partial charge in [0, 0.05) is 57.9 Å². The predicted molar refractivity (Wildman–Crippen MR) is 103 cm³/mol. The molecule has 1 N–H and O–H groups in total. The first-order valence-corrected chi connectivity index (χ1v) is 9.49. The number of piperazine rings is 1. The van der Waals surface area contributed by atoms with Gasteiger partial charge >= 0.3 is 6.03 Å². The molecule has 1 aromatic rings. The highest BCUT2D eigenvalue weighted by atomic mass is 16.6. The van der Waals surface area contributed by atoms with Crippen molar-refractivity contribution in [3.8, 4) is 6.07 Å². The van der Waals surface area contributed by atoms with Crippen LogP contribution in [0.15, 0.2) is 24.3 Å². The van der Waals surface area contributed by atoms with Crippen LogP contribution in [0.5, 0.6) is 0 Å². The Bertz CT molecular complexity index is 706. The molecule has 28 heavy (non-hydrogen) atoms. The zero-order valence-electron chi connectivity index (χ0n) is 16.3. The number of hydrogen-bond donors (Lipinski definition) is 1. The SMILES string of the molecule is CCN(CC)C(=O)N1CCN(C[C@@H](C#N)[C@H](O)c2ccc([N+](=O)[O-])cc2)CC1. The van der Waals surface area contributed by atoms with E-state index < -0.39 is 16.9 Å². The molecule has 0 aromatic heterocycles. The van der Waals surface area contributed by atoms with Gasteiger partial charge in [-0.3, -0.25) is 15.0 Å². The molecule has 0 bridgehead atoms. The standard InChI is InChI=1S/C19H27N5O4/c1-3-22(4-2)19(26)23-11-9-21(10-12-23)14-16(13-20)18(25)15-5-7-17(8-6-15)24(27)28/h5-8,16,18,25H,3-4,9-12,14H2,1-2H3/t16-,18-/m1/s1. The van der Waals surface area contributed by atoms with Gasteiger partial charge in [0.25, 0.3) is 5.69 Å². The van der Waals surface area contributed by atoms with E-state index in [1.165, 1.54) is 24.3 Å². The second-order valence-electron chi connectivity index (χ2n) is 6.77. The quantitative estimate of drug-likeness (QED) is 0.562. The number of non-ortho nitro benzene ring substituents is 1. The number of rotatable bonds is 7. The Hall–Kier alpha value is -2.70. The van der Waals surface area contributed by atoms with Crippen molar-refractivity contribution >= 4 is 11.7 Å². The Morgan fingerprint density at radius 1 is 1.25 bits per heavy atom. The zero-order valence-corrected chi connectivity index (χ0v) is 16.3. The number of hydrogen-bond acceptors (Lipinski definition) is 6. The van der Waals surface area contributed by atoms with E-state index in [-0.39, 0.29) is 11.7 Å². The maximum atomic E-state index is 12.4. The van der Waals surface area contributed by atoms with Crippen LogP contribution in [0.2, 0.25) is 0 Å². The Morgan fingerprint density at radius 3 is 2.29 bits per heavy atom. The van der Waals surface area contributed by atoms with Gasteiger partial charge in [-0.05, 0) is 31.5 Å². The lowest BCUT2D eigenvalue weighted by Gasteiger charge is -2.38. The number of nitro groups is 1. The van der Waals surface area contributed by atoms with Gasteiger partial charge in [0.05, 0.1) is 23.0 Å². The number of carbonyl (C=O) groups is 1. The van der Waals surface area contributed by atoms with Gasteiger partial charge in [0.2, 0.25) is 0 Å².